The van der Waals surface area contributed by atoms with E-state index in [0.29, 0.717) is 24.0 Å². The first-order valence-corrected chi connectivity index (χ1v) is 17.2. The number of aryl methyl sites for hydroxylation is 1. The zero-order valence-electron chi connectivity index (χ0n) is 25.9. The van der Waals surface area contributed by atoms with Crippen LogP contribution in [0.5, 0.6) is 5.75 Å². The van der Waals surface area contributed by atoms with Gasteiger partial charge in [-0.15, -0.1) is 6.58 Å². The quantitative estimate of drug-likeness (QED) is 0.248. The molecule has 1 fully saturated rings. The number of anilines is 1. The molecule has 6 unspecified atom stereocenters. The number of ether oxygens (including phenoxy) is 1. The molecule has 1 amide bonds. The van der Waals surface area contributed by atoms with Gasteiger partial charge in [-0.2, -0.15) is 0 Å². The van der Waals surface area contributed by atoms with Crippen molar-refractivity contribution in [1.29, 1.82) is 0 Å². The Morgan fingerprint density at radius 2 is 2.05 bits per heavy atom. The van der Waals surface area contributed by atoms with Crippen molar-refractivity contribution in [3.63, 3.8) is 0 Å². The predicted octanol–water partition coefficient (Wildman–Crippen LogP) is 8.15. The molecule has 6 rings (SSSR count). The number of hydrogen-bond acceptors (Lipinski definition) is 5. The van der Waals surface area contributed by atoms with Crippen LogP contribution in [0.2, 0.25) is 5.02 Å². The minimum absolute atomic E-state index is 0.0713. The van der Waals surface area contributed by atoms with Gasteiger partial charge < -0.3 is 14.7 Å². The van der Waals surface area contributed by atoms with Gasteiger partial charge in [-0.25, -0.2) is 0 Å². The highest BCUT2D eigenvalue weighted by Gasteiger charge is 2.44. The van der Waals surface area contributed by atoms with E-state index < -0.39 is 6.10 Å². The smallest absolute Gasteiger partial charge is 0.261 e. The molecule has 2 aromatic carbocycles. The largest absolute Gasteiger partial charge is 0.490 e. The summed E-state index contributed by atoms with van der Waals surface area (Å²) in [6.45, 7) is 12.1. The monoisotopic (exact) mass is 622 g/mol. The molecule has 2 heterocycles. The van der Waals surface area contributed by atoms with E-state index in [1.807, 2.05) is 36.4 Å². The van der Waals surface area contributed by atoms with Gasteiger partial charge >= 0.3 is 0 Å². The van der Waals surface area contributed by atoms with Crippen LogP contribution in [0.1, 0.15) is 80.8 Å². The van der Waals surface area contributed by atoms with Crippen LogP contribution in [0.4, 0.5) is 5.69 Å². The lowest BCUT2D eigenvalue weighted by Gasteiger charge is -2.45. The van der Waals surface area contributed by atoms with Crippen molar-refractivity contribution in [3.05, 3.63) is 82.9 Å². The van der Waals surface area contributed by atoms with Gasteiger partial charge in [0.05, 0.1) is 18.4 Å². The first kappa shape index (κ1) is 32.0. The van der Waals surface area contributed by atoms with E-state index in [1.165, 1.54) is 23.1 Å². The van der Waals surface area contributed by atoms with E-state index in [1.54, 1.807) is 0 Å². The summed E-state index contributed by atoms with van der Waals surface area (Å²) < 4.78 is 9.67. The Hall–Kier alpha value is -2.41. The molecule has 232 valence electrons. The number of hydrogen-bond donors (Lipinski definition) is 2. The summed E-state index contributed by atoms with van der Waals surface area (Å²) >= 11 is 7.88. The number of benzene rings is 2. The number of amides is 1. The van der Waals surface area contributed by atoms with Crippen molar-refractivity contribution in [2.75, 3.05) is 24.6 Å². The fraction of sp³-hybridized carbons (Fsp3) is 0.528. The SMILES string of the molecule is C=CCC.CC1C/C=C/C(O)C2CCC2CN2CC3(CCCc4cc(Cl)ccc43)COc3ccc(cc32)C(=O)NSC1C. The second-order valence-electron chi connectivity index (χ2n) is 12.9. The number of halogens is 1. The summed E-state index contributed by atoms with van der Waals surface area (Å²) in [5.41, 5.74) is 4.14. The summed E-state index contributed by atoms with van der Waals surface area (Å²) in [6.07, 6.45) is 12.9. The molecule has 2 bridgehead atoms. The zero-order chi connectivity index (χ0) is 30.6. The number of carbonyl (C=O) groups is 1. The van der Waals surface area contributed by atoms with E-state index >= 15 is 0 Å². The van der Waals surface area contributed by atoms with Gasteiger partial charge in [-0.1, -0.05) is 56.7 Å². The van der Waals surface area contributed by atoms with Crippen molar-refractivity contribution >= 4 is 35.1 Å². The number of rotatable bonds is 1. The van der Waals surface area contributed by atoms with Crippen molar-refractivity contribution < 1.29 is 14.6 Å². The predicted molar refractivity (Wildman–Crippen MR) is 180 cm³/mol. The van der Waals surface area contributed by atoms with Crippen LogP contribution < -0.4 is 14.4 Å². The summed E-state index contributed by atoms with van der Waals surface area (Å²) in [7, 11) is 0. The van der Waals surface area contributed by atoms with Gasteiger partial charge in [-0.05, 0) is 116 Å². The van der Waals surface area contributed by atoms with Crippen molar-refractivity contribution in [2.24, 2.45) is 17.8 Å². The van der Waals surface area contributed by atoms with Crippen LogP contribution in [0.25, 0.3) is 0 Å². The fourth-order valence-electron chi connectivity index (χ4n) is 6.90. The molecule has 1 saturated carbocycles. The minimum atomic E-state index is -0.424. The van der Waals surface area contributed by atoms with E-state index in [2.05, 4.69) is 55.2 Å². The average molecular weight is 623 g/mol. The van der Waals surface area contributed by atoms with Crippen LogP contribution in [0, 0.1) is 17.8 Å². The third kappa shape index (κ3) is 7.13. The molecule has 0 aromatic heterocycles. The van der Waals surface area contributed by atoms with Crippen LogP contribution in [0.3, 0.4) is 0 Å². The first-order chi connectivity index (χ1) is 20.7. The van der Waals surface area contributed by atoms with Gasteiger partial charge in [0.15, 0.2) is 0 Å². The van der Waals surface area contributed by atoms with Crippen LogP contribution in [0.15, 0.2) is 61.2 Å². The molecule has 1 spiro atoms. The second kappa shape index (κ2) is 14.1. The standard InChI is InChI=1S/C32H39ClN2O3S.C4H8/c1-20-5-3-7-29(36)26-11-8-24(26)17-35-18-32(14-4-6-22-15-25(33)10-12-27(22)32)19-38-30-13-9-23(16-28(30)35)31(37)34-39-21(20)2;1-3-4-2/h3,7,9-10,12-13,15-16,20-21,24,26,29,36H,4-6,8,11,14,17-19H2,1-2H3,(H,34,37);3H,1,4H2,2H3/b7-3+;. The maximum atomic E-state index is 13.2. The summed E-state index contributed by atoms with van der Waals surface area (Å²) in [5.74, 6) is 1.78. The number of allylic oxidation sites excluding steroid dienone is 2. The molecule has 6 atom stereocenters. The third-order valence-corrected chi connectivity index (χ3v) is 11.3. The zero-order valence-corrected chi connectivity index (χ0v) is 27.4. The topological polar surface area (TPSA) is 61.8 Å². The second-order valence-corrected chi connectivity index (χ2v) is 14.5. The highest BCUT2D eigenvalue weighted by atomic mass is 35.5. The van der Waals surface area contributed by atoms with Crippen molar-refractivity contribution in [2.45, 2.75) is 82.5 Å². The highest BCUT2D eigenvalue weighted by Crippen LogP contribution is 2.46. The number of nitrogens with one attached hydrogen (secondary N) is 1. The van der Waals surface area contributed by atoms with Gasteiger partial charge in [0.25, 0.3) is 5.91 Å². The van der Waals surface area contributed by atoms with E-state index in [4.69, 9.17) is 16.3 Å². The summed E-state index contributed by atoms with van der Waals surface area (Å²) in [5, 5.41) is 12.1. The first-order valence-electron chi connectivity index (χ1n) is 16.0. The molecule has 2 N–H and O–H groups in total. The summed E-state index contributed by atoms with van der Waals surface area (Å²) in [6, 6.07) is 12.2. The molecule has 0 radical (unpaired) electrons. The van der Waals surface area contributed by atoms with Gasteiger partial charge in [0.1, 0.15) is 5.75 Å². The molecule has 5 nitrogen and oxygen atoms in total. The number of carbonyl (C=O) groups excluding carboxylic acids is 1. The van der Waals surface area contributed by atoms with Crippen LogP contribution in [-0.2, 0) is 11.8 Å². The normalized spacial score (nSPS) is 31.0. The van der Waals surface area contributed by atoms with E-state index in [-0.39, 0.29) is 22.5 Å². The highest BCUT2D eigenvalue weighted by molar-refractivity contribution is 7.98. The molecule has 2 aliphatic carbocycles. The fourth-order valence-corrected chi connectivity index (χ4v) is 7.85. The lowest BCUT2D eigenvalue weighted by molar-refractivity contribution is 0.0456. The molecule has 7 heteroatoms. The molecule has 0 saturated heterocycles. The Morgan fingerprint density at radius 3 is 2.79 bits per heavy atom. The Labute approximate surface area is 267 Å². The van der Waals surface area contributed by atoms with E-state index in [0.717, 1.165) is 74.5 Å². The third-order valence-electron chi connectivity index (χ3n) is 9.94. The Kier molecular flexibility index (Phi) is 10.5. The van der Waals surface area contributed by atoms with Gasteiger partial charge in [-0.3, -0.25) is 9.52 Å². The molecular formula is C36H47ClN2O3S. The van der Waals surface area contributed by atoms with Crippen LogP contribution >= 0.6 is 23.5 Å². The molecule has 4 aliphatic rings. The van der Waals surface area contributed by atoms with Crippen LogP contribution in [-0.4, -0.2) is 42.1 Å². The Morgan fingerprint density at radius 1 is 1.23 bits per heavy atom. The lowest BCUT2D eigenvalue weighted by Crippen LogP contribution is -2.49. The minimum Gasteiger partial charge on any atom is -0.490 e. The van der Waals surface area contributed by atoms with Gasteiger partial charge in [0, 0.05) is 34.3 Å². The Bertz CT molecular complexity index is 1330. The Balaban J connectivity index is 0.000000868. The molecule has 2 aromatic rings. The number of fused-ring (bicyclic) bond motifs is 4. The summed E-state index contributed by atoms with van der Waals surface area (Å²) in [4.78, 5) is 15.7. The van der Waals surface area contributed by atoms with Crippen molar-refractivity contribution in [1.82, 2.24) is 4.72 Å². The number of aliphatic hydroxyl groups is 1. The van der Waals surface area contributed by atoms with Gasteiger partial charge in [0.2, 0.25) is 0 Å². The van der Waals surface area contributed by atoms with Crippen molar-refractivity contribution in [3.8, 4) is 5.75 Å². The number of nitrogens with zero attached hydrogens (tertiary/aromatic N) is 1. The molecule has 2 aliphatic heterocycles. The average Bonchev–Trinajstić information content (AvgIpc) is 3.14. The number of aliphatic hydroxyl groups excluding tert-OH is 1. The lowest BCUT2D eigenvalue weighted by atomic mass is 9.68. The maximum absolute atomic E-state index is 13.2. The molecule has 43 heavy (non-hydrogen) atoms. The maximum Gasteiger partial charge on any atom is 0.261 e. The molecular weight excluding hydrogens is 576 g/mol. The van der Waals surface area contributed by atoms with E-state index in [9.17, 15) is 9.90 Å².